The zero-order valence-electron chi connectivity index (χ0n) is 10.0. The van der Waals surface area contributed by atoms with E-state index in [0.29, 0.717) is 5.82 Å². The summed E-state index contributed by atoms with van der Waals surface area (Å²) in [5, 5.41) is 15.4. The molecule has 0 saturated carbocycles. The average Bonchev–Trinajstić information content (AvgIpc) is 2.73. The third-order valence-corrected chi connectivity index (χ3v) is 3.17. The van der Waals surface area contributed by atoms with Gasteiger partial charge in [0.25, 0.3) is 0 Å². The van der Waals surface area contributed by atoms with Crippen molar-refractivity contribution in [1.82, 2.24) is 15.2 Å². The molecule has 0 aliphatic heterocycles. The molecule has 0 aliphatic rings. The molecule has 0 bridgehead atoms. The lowest BCUT2D eigenvalue weighted by Gasteiger charge is -2.11. The van der Waals surface area contributed by atoms with Crippen molar-refractivity contribution in [2.24, 2.45) is 0 Å². The lowest BCUT2D eigenvalue weighted by Crippen LogP contribution is -2.12. The van der Waals surface area contributed by atoms with E-state index in [1.807, 2.05) is 0 Å². The predicted molar refractivity (Wildman–Crippen MR) is 63.6 cm³/mol. The molecule has 20 heavy (non-hydrogen) atoms. The quantitative estimate of drug-likeness (QED) is 0.911. The van der Waals surface area contributed by atoms with E-state index in [0.717, 1.165) is 23.9 Å². The second-order valence-electron chi connectivity index (χ2n) is 3.82. The first kappa shape index (κ1) is 14.4. The van der Waals surface area contributed by atoms with Gasteiger partial charge in [-0.25, -0.2) is 9.78 Å². The molecule has 0 spiro atoms. The molecule has 106 valence electrons. The lowest BCUT2D eigenvalue weighted by molar-refractivity contribution is -0.138. The van der Waals surface area contributed by atoms with E-state index in [1.54, 1.807) is 6.92 Å². The number of nitrogens with one attached hydrogen (secondary N) is 1. The van der Waals surface area contributed by atoms with Crippen LogP contribution >= 0.6 is 11.8 Å². The van der Waals surface area contributed by atoms with Crippen LogP contribution in [-0.2, 0) is 6.18 Å². The van der Waals surface area contributed by atoms with Crippen LogP contribution in [0.3, 0.4) is 0 Å². The predicted octanol–water partition coefficient (Wildman–Crippen LogP) is 2.98. The Labute approximate surface area is 115 Å². The number of hydrogen-bond acceptors (Lipinski definition) is 4. The van der Waals surface area contributed by atoms with Crippen molar-refractivity contribution in [1.29, 1.82) is 0 Å². The number of alkyl halides is 3. The summed E-state index contributed by atoms with van der Waals surface area (Å²) >= 11 is 0.913. The first-order valence-corrected chi connectivity index (χ1v) is 6.10. The summed E-state index contributed by atoms with van der Waals surface area (Å²) in [6.07, 6.45) is -4.74. The molecule has 1 aromatic carbocycles. The monoisotopic (exact) mass is 303 g/mol. The summed E-state index contributed by atoms with van der Waals surface area (Å²) in [5.41, 5.74) is -1.98. The van der Waals surface area contributed by atoms with Crippen molar-refractivity contribution in [3.63, 3.8) is 0 Å². The Morgan fingerprint density at radius 1 is 1.40 bits per heavy atom. The number of benzene rings is 1. The zero-order valence-corrected chi connectivity index (χ0v) is 10.8. The number of aryl methyl sites for hydroxylation is 1. The molecule has 2 N–H and O–H groups in total. The highest BCUT2D eigenvalue weighted by Crippen LogP contribution is 2.36. The van der Waals surface area contributed by atoms with Gasteiger partial charge >= 0.3 is 12.1 Å². The number of carboxylic acids is 1. The van der Waals surface area contributed by atoms with Gasteiger partial charge in [-0.1, -0.05) is 0 Å². The Morgan fingerprint density at radius 3 is 2.60 bits per heavy atom. The lowest BCUT2D eigenvalue weighted by atomic mass is 10.1. The maximum atomic E-state index is 12.8. The number of aromatic carboxylic acids is 1. The van der Waals surface area contributed by atoms with Gasteiger partial charge in [0.05, 0.1) is 11.1 Å². The van der Waals surface area contributed by atoms with Gasteiger partial charge in [-0.15, -0.1) is 5.10 Å². The van der Waals surface area contributed by atoms with Gasteiger partial charge in [0.15, 0.2) is 0 Å². The van der Waals surface area contributed by atoms with Crippen molar-refractivity contribution in [2.45, 2.75) is 23.2 Å². The van der Waals surface area contributed by atoms with Crippen LogP contribution in [0.2, 0.25) is 0 Å². The molecule has 0 fully saturated rings. The second-order valence-corrected chi connectivity index (χ2v) is 4.86. The largest absolute Gasteiger partial charge is 0.478 e. The number of carbonyl (C=O) groups is 1. The highest BCUT2D eigenvalue weighted by atomic mass is 32.2. The average molecular weight is 303 g/mol. The van der Waals surface area contributed by atoms with E-state index in [2.05, 4.69) is 15.2 Å². The van der Waals surface area contributed by atoms with Crippen LogP contribution in [0.4, 0.5) is 13.2 Å². The van der Waals surface area contributed by atoms with E-state index in [1.165, 1.54) is 6.07 Å². The van der Waals surface area contributed by atoms with E-state index in [-0.39, 0.29) is 10.1 Å². The molecule has 0 radical (unpaired) electrons. The zero-order chi connectivity index (χ0) is 14.9. The number of halogens is 3. The Balaban J connectivity index is 2.39. The summed E-state index contributed by atoms with van der Waals surface area (Å²) in [7, 11) is 0. The van der Waals surface area contributed by atoms with Gasteiger partial charge in [-0.3, -0.25) is 5.10 Å². The van der Waals surface area contributed by atoms with Gasteiger partial charge in [-0.05, 0) is 36.9 Å². The smallest absolute Gasteiger partial charge is 0.417 e. The third kappa shape index (κ3) is 3.10. The fourth-order valence-electron chi connectivity index (χ4n) is 1.48. The molecule has 0 unspecified atom stereocenters. The van der Waals surface area contributed by atoms with Crippen molar-refractivity contribution >= 4 is 17.7 Å². The number of aromatic nitrogens is 3. The number of carboxylic acid groups (broad SMARTS) is 1. The number of rotatable bonds is 3. The van der Waals surface area contributed by atoms with Gasteiger partial charge in [0.1, 0.15) is 5.82 Å². The van der Waals surface area contributed by atoms with Crippen LogP contribution < -0.4 is 0 Å². The fourth-order valence-corrected chi connectivity index (χ4v) is 2.28. The van der Waals surface area contributed by atoms with Crippen LogP contribution in [0.1, 0.15) is 21.7 Å². The molecule has 1 heterocycles. The van der Waals surface area contributed by atoms with E-state index in [9.17, 15) is 18.0 Å². The Kier molecular flexibility index (Phi) is 3.71. The van der Waals surface area contributed by atoms with Crippen LogP contribution in [0.5, 0.6) is 0 Å². The highest BCUT2D eigenvalue weighted by molar-refractivity contribution is 7.99. The first-order valence-electron chi connectivity index (χ1n) is 5.29. The number of aromatic amines is 1. The fraction of sp³-hybridized carbons (Fsp3) is 0.182. The summed E-state index contributed by atoms with van der Waals surface area (Å²) in [4.78, 5) is 15.0. The van der Waals surface area contributed by atoms with E-state index in [4.69, 9.17) is 5.11 Å². The van der Waals surface area contributed by atoms with Crippen LogP contribution in [0, 0.1) is 6.92 Å². The Bertz CT molecular complexity index is 655. The van der Waals surface area contributed by atoms with Crippen molar-refractivity contribution in [3.8, 4) is 0 Å². The molecular formula is C11H8F3N3O2S. The molecule has 5 nitrogen and oxygen atoms in total. The normalized spacial score (nSPS) is 11.6. The molecule has 2 rings (SSSR count). The van der Waals surface area contributed by atoms with Gasteiger partial charge in [0, 0.05) is 4.90 Å². The van der Waals surface area contributed by atoms with Gasteiger partial charge in [-0.2, -0.15) is 13.2 Å². The third-order valence-electron chi connectivity index (χ3n) is 2.31. The molecule has 9 heteroatoms. The summed E-state index contributed by atoms with van der Waals surface area (Å²) in [5.74, 6) is -1.09. The number of nitrogens with zero attached hydrogens (tertiary/aromatic N) is 2. The number of hydrogen-bond donors (Lipinski definition) is 2. The van der Waals surface area contributed by atoms with Crippen LogP contribution in [0.25, 0.3) is 0 Å². The molecule has 0 atom stereocenters. The molecule has 1 aromatic heterocycles. The van der Waals surface area contributed by atoms with E-state index >= 15 is 0 Å². The summed E-state index contributed by atoms with van der Waals surface area (Å²) in [6.45, 7) is 1.66. The van der Waals surface area contributed by atoms with Crippen LogP contribution in [0.15, 0.2) is 28.3 Å². The minimum absolute atomic E-state index is 0.210. The summed E-state index contributed by atoms with van der Waals surface area (Å²) in [6, 6.07) is 2.99. The SMILES string of the molecule is Cc1nc(Sc2ccc(C(=O)O)c(C(F)(F)F)c2)n[nH]1. The summed E-state index contributed by atoms with van der Waals surface area (Å²) < 4.78 is 38.5. The van der Waals surface area contributed by atoms with Crippen molar-refractivity contribution in [2.75, 3.05) is 0 Å². The molecular weight excluding hydrogens is 295 g/mol. The standard InChI is InChI=1S/C11H8F3N3O2S/c1-5-15-10(17-16-5)20-6-2-3-7(9(18)19)8(4-6)11(12,13)14/h2-4H,1H3,(H,18,19)(H,15,16,17). The second kappa shape index (κ2) is 5.16. The minimum Gasteiger partial charge on any atom is -0.478 e. The Morgan fingerprint density at radius 2 is 2.10 bits per heavy atom. The van der Waals surface area contributed by atoms with E-state index < -0.39 is 23.3 Å². The molecule has 0 aliphatic carbocycles. The minimum atomic E-state index is -4.74. The van der Waals surface area contributed by atoms with Crippen molar-refractivity contribution < 1.29 is 23.1 Å². The topological polar surface area (TPSA) is 78.9 Å². The highest BCUT2D eigenvalue weighted by Gasteiger charge is 2.35. The maximum Gasteiger partial charge on any atom is 0.417 e. The van der Waals surface area contributed by atoms with Gasteiger partial charge in [0.2, 0.25) is 5.16 Å². The molecule has 0 saturated heterocycles. The van der Waals surface area contributed by atoms with Crippen molar-refractivity contribution in [3.05, 3.63) is 35.2 Å². The number of H-pyrrole nitrogens is 1. The van der Waals surface area contributed by atoms with Crippen LogP contribution in [-0.4, -0.2) is 26.3 Å². The molecule has 0 amide bonds. The Hall–Kier alpha value is -2.03. The van der Waals surface area contributed by atoms with Gasteiger partial charge < -0.3 is 5.11 Å². The maximum absolute atomic E-state index is 12.8. The first-order chi connectivity index (χ1) is 9.27. The molecule has 2 aromatic rings.